The summed E-state index contributed by atoms with van der Waals surface area (Å²) in [5, 5.41) is 5.80. The lowest BCUT2D eigenvalue weighted by Gasteiger charge is -2.14. The van der Waals surface area contributed by atoms with Gasteiger partial charge in [0.15, 0.2) is 11.6 Å². The van der Waals surface area contributed by atoms with E-state index in [1.54, 1.807) is 18.2 Å². The van der Waals surface area contributed by atoms with Crippen LogP contribution in [0.4, 0.5) is 28.7 Å². The maximum absolute atomic E-state index is 13.2. The second kappa shape index (κ2) is 10.2. The number of nitrogen functional groups attached to an aromatic ring is 1. The quantitative estimate of drug-likeness (QED) is 0.210. The summed E-state index contributed by atoms with van der Waals surface area (Å²) in [6.45, 7) is 1.38. The molecule has 0 saturated heterocycles. The Morgan fingerprint density at radius 2 is 1.24 bits per heavy atom. The van der Waals surface area contributed by atoms with Gasteiger partial charge in [0.2, 0.25) is 5.91 Å². The molecule has 190 valence electrons. The van der Waals surface area contributed by atoms with Crippen LogP contribution in [0, 0.1) is 0 Å². The Labute approximate surface area is 219 Å². The first-order valence-electron chi connectivity index (χ1n) is 11.7. The Hall–Kier alpha value is -4.96. The maximum atomic E-state index is 13.2. The molecule has 5 aromatic rings. The number of rotatable bonds is 7. The number of nitrogens with zero attached hydrogens (tertiary/aromatic N) is 2. The molecule has 10 heteroatoms. The summed E-state index contributed by atoms with van der Waals surface area (Å²) in [4.78, 5) is 20.4. The molecular weight excluding hydrogens is 500 g/mol. The molecule has 0 radical (unpaired) electrons. The van der Waals surface area contributed by atoms with Gasteiger partial charge in [-0.15, -0.1) is 0 Å². The molecule has 0 unspecified atom stereocenters. The molecule has 4 aromatic carbocycles. The summed E-state index contributed by atoms with van der Waals surface area (Å²) in [6, 6.07) is 28.3. The summed E-state index contributed by atoms with van der Waals surface area (Å²) in [6.07, 6.45) is 0. The zero-order valence-electron chi connectivity index (χ0n) is 20.3. The van der Waals surface area contributed by atoms with Crippen LogP contribution in [0.3, 0.4) is 0 Å². The van der Waals surface area contributed by atoms with Crippen LogP contribution in [0.25, 0.3) is 22.2 Å². The van der Waals surface area contributed by atoms with Crippen LogP contribution in [0.2, 0.25) is 0 Å². The molecule has 5 rings (SSSR count). The average molecular weight is 525 g/mol. The molecule has 0 aliphatic heterocycles. The molecule has 0 saturated carbocycles. The highest BCUT2D eigenvalue weighted by Crippen LogP contribution is 2.29. The average Bonchev–Trinajstić information content (AvgIpc) is 2.90. The second-order valence-corrected chi connectivity index (χ2v) is 10.2. The lowest BCUT2D eigenvalue weighted by molar-refractivity contribution is -0.114. The van der Waals surface area contributed by atoms with Crippen molar-refractivity contribution in [2.24, 2.45) is 0 Å². The first kappa shape index (κ1) is 24.7. The minimum Gasteiger partial charge on any atom is -0.399 e. The van der Waals surface area contributed by atoms with E-state index in [1.165, 1.54) is 31.2 Å². The highest BCUT2D eigenvalue weighted by Gasteiger charge is 2.19. The monoisotopic (exact) mass is 524 g/mol. The molecule has 0 bridgehead atoms. The van der Waals surface area contributed by atoms with Gasteiger partial charge in [-0.25, -0.2) is 18.4 Å². The predicted molar refractivity (Wildman–Crippen MR) is 151 cm³/mol. The second-order valence-electron chi connectivity index (χ2n) is 8.54. The minimum atomic E-state index is -4.00. The number of hydrogen-bond donors (Lipinski definition) is 4. The maximum Gasteiger partial charge on any atom is 0.263 e. The van der Waals surface area contributed by atoms with Crippen molar-refractivity contribution in [1.29, 1.82) is 0 Å². The molecule has 0 fully saturated rings. The van der Waals surface area contributed by atoms with Gasteiger partial charge in [-0.1, -0.05) is 36.4 Å². The van der Waals surface area contributed by atoms with Crippen LogP contribution >= 0.6 is 0 Å². The van der Waals surface area contributed by atoms with Gasteiger partial charge in [-0.3, -0.25) is 9.52 Å². The number of nitrogens with two attached hydrogens (primary N) is 1. The van der Waals surface area contributed by atoms with E-state index in [4.69, 9.17) is 5.73 Å². The molecule has 5 N–H and O–H groups in total. The third kappa shape index (κ3) is 5.55. The van der Waals surface area contributed by atoms with Gasteiger partial charge in [0.1, 0.15) is 0 Å². The van der Waals surface area contributed by atoms with Crippen molar-refractivity contribution in [1.82, 2.24) is 9.97 Å². The van der Waals surface area contributed by atoms with Crippen LogP contribution in [-0.4, -0.2) is 24.3 Å². The Morgan fingerprint density at radius 3 is 1.82 bits per heavy atom. The number of carbonyl (C=O) groups excluding carboxylic acids is 1. The van der Waals surface area contributed by atoms with Crippen LogP contribution in [-0.2, 0) is 14.8 Å². The van der Waals surface area contributed by atoms with Gasteiger partial charge in [-0.05, 0) is 71.8 Å². The Bertz CT molecular complexity index is 1720. The number of benzene rings is 4. The summed E-state index contributed by atoms with van der Waals surface area (Å²) >= 11 is 0. The molecule has 1 aromatic heterocycles. The highest BCUT2D eigenvalue weighted by molar-refractivity contribution is 7.92. The van der Waals surface area contributed by atoms with Crippen LogP contribution in [0.5, 0.6) is 0 Å². The van der Waals surface area contributed by atoms with Crippen molar-refractivity contribution in [3.05, 3.63) is 97.1 Å². The molecule has 0 aliphatic rings. The zero-order valence-corrected chi connectivity index (χ0v) is 21.2. The molecule has 0 spiro atoms. The Morgan fingerprint density at radius 1 is 0.711 bits per heavy atom. The number of sulfonamides is 1. The largest absolute Gasteiger partial charge is 0.399 e. The number of para-hydroxylation sites is 2. The molecule has 38 heavy (non-hydrogen) atoms. The summed E-state index contributed by atoms with van der Waals surface area (Å²) in [5.41, 5.74) is 10.8. The first-order valence-corrected chi connectivity index (χ1v) is 13.2. The van der Waals surface area contributed by atoms with E-state index < -0.39 is 10.0 Å². The molecule has 0 atom stereocenters. The van der Waals surface area contributed by atoms with E-state index in [0.717, 1.165) is 11.1 Å². The Balaban J connectivity index is 1.45. The van der Waals surface area contributed by atoms with Crippen molar-refractivity contribution in [3.63, 3.8) is 0 Å². The van der Waals surface area contributed by atoms with Crippen LogP contribution in [0.1, 0.15) is 6.92 Å². The molecule has 0 aliphatic carbocycles. The molecule has 9 nitrogen and oxygen atoms in total. The van der Waals surface area contributed by atoms with Crippen LogP contribution < -0.4 is 21.1 Å². The summed E-state index contributed by atoms with van der Waals surface area (Å²) in [5.74, 6) is 0.0574. The van der Waals surface area contributed by atoms with Crippen molar-refractivity contribution < 1.29 is 13.2 Å². The van der Waals surface area contributed by atoms with E-state index in [1.807, 2.05) is 54.6 Å². The number of hydrogen-bond acceptors (Lipinski definition) is 7. The number of nitrogens with one attached hydrogen (secondary N) is 3. The lowest BCUT2D eigenvalue weighted by Crippen LogP contribution is -2.16. The van der Waals surface area contributed by atoms with Crippen LogP contribution in [0.15, 0.2) is 102 Å². The fraction of sp³-hybridized carbons (Fsp3) is 0.0357. The summed E-state index contributed by atoms with van der Waals surface area (Å²) < 4.78 is 29.0. The lowest BCUT2D eigenvalue weighted by atomic mass is 10.1. The highest BCUT2D eigenvalue weighted by atomic mass is 32.2. The number of aromatic nitrogens is 2. The topological polar surface area (TPSA) is 139 Å². The number of carbonyl (C=O) groups is 1. The molecule has 1 heterocycles. The number of fused-ring (bicyclic) bond motifs is 1. The van der Waals surface area contributed by atoms with Gasteiger partial charge in [0.05, 0.1) is 15.9 Å². The fourth-order valence-corrected chi connectivity index (χ4v) is 4.83. The SMILES string of the molecule is CC(=O)Nc1ccc(S(=O)(=O)Nc2nc3ccccc3nc2Nc2ccc(-c3ccc(N)cc3)cc2)cc1. The predicted octanol–water partition coefficient (Wildman–Crippen LogP) is 5.38. The van der Waals surface area contributed by atoms with Crippen molar-refractivity contribution in [2.75, 3.05) is 21.1 Å². The van der Waals surface area contributed by atoms with Crippen molar-refractivity contribution in [2.45, 2.75) is 11.8 Å². The van der Waals surface area contributed by atoms with Gasteiger partial charge in [0.25, 0.3) is 10.0 Å². The molecular formula is C28H24N6O3S. The van der Waals surface area contributed by atoms with E-state index in [2.05, 4.69) is 25.3 Å². The van der Waals surface area contributed by atoms with Gasteiger partial charge < -0.3 is 16.4 Å². The minimum absolute atomic E-state index is 0.0142. The van der Waals surface area contributed by atoms with E-state index in [9.17, 15) is 13.2 Å². The van der Waals surface area contributed by atoms with E-state index in [0.29, 0.717) is 28.1 Å². The smallest absolute Gasteiger partial charge is 0.263 e. The third-order valence-electron chi connectivity index (χ3n) is 5.68. The molecule has 1 amide bonds. The van der Waals surface area contributed by atoms with E-state index >= 15 is 0 Å². The van der Waals surface area contributed by atoms with Gasteiger partial charge in [-0.2, -0.15) is 0 Å². The Kier molecular flexibility index (Phi) is 6.63. The van der Waals surface area contributed by atoms with E-state index in [-0.39, 0.29) is 22.4 Å². The third-order valence-corrected chi connectivity index (χ3v) is 7.03. The van der Waals surface area contributed by atoms with Gasteiger partial charge >= 0.3 is 0 Å². The van der Waals surface area contributed by atoms with Gasteiger partial charge in [0, 0.05) is 24.0 Å². The number of anilines is 5. The zero-order chi connectivity index (χ0) is 26.7. The first-order chi connectivity index (χ1) is 18.3. The summed E-state index contributed by atoms with van der Waals surface area (Å²) in [7, 11) is -4.00. The van der Waals surface area contributed by atoms with Crippen molar-refractivity contribution in [3.8, 4) is 11.1 Å². The van der Waals surface area contributed by atoms with Crippen molar-refractivity contribution >= 4 is 55.7 Å². The number of amides is 1. The standard InChI is InChI=1S/C28H24N6O3S/c1-18(35)30-22-14-16-24(17-15-22)38(36,37)34-28-27(32-25-4-2-3-5-26(25)33-28)31-23-12-8-20(9-13-23)19-6-10-21(29)11-7-19/h2-17H,29H2,1H3,(H,30,35)(H,31,32)(H,33,34). The fourth-order valence-electron chi connectivity index (χ4n) is 3.82. The normalized spacial score (nSPS) is 11.2.